The predicted molar refractivity (Wildman–Crippen MR) is 98.2 cm³/mol. The maximum Gasteiger partial charge on any atom is 0.328 e. The van der Waals surface area contributed by atoms with Gasteiger partial charge in [0.25, 0.3) is 0 Å². The fraction of sp³-hybridized carbons (Fsp3) is 0.667. The molecule has 1 aromatic carbocycles. The normalized spacial score (nSPS) is 30.8. The van der Waals surface area contributed by atoms with Crippen molar-refractivity contribution in [2.45, 2.75) is 63.1 Å². The van der Waals surface area contributed by atoms with Crippen LogP contribution < -0.4 is 5.32 Å². The highest BCUT2D eigenvalue weighted by Gasteiger charge is 2.38. The Kier molecular flexibility index (Phi) is 5.37. The second-order valence-corrected chi connectivity index (χ2v) is 7.96. The maximum atomic E-state index is 13.1. The lowest BCUT2D eigenvalue weighted by Crippen LogP contribution is -2.52. The van der Waals surface area contributed by atoms with Gasteiger partial charge in [0.05, 0.1) is 0 Å². The second-order valence-electron chi connectivity index (χ2n) is 7.96. The van der Waals surface area contributed by atoms with Crippen molar-refractivity contribution in [2.24, 2.45) is 5.92 Å². The SMILES string of the molecule is O=C(O[C@H]1CN2CCC1CC2)C(NC1CCCCC1)c1ccccc1. The third-order valence-corrected chi connectivity index (χ3v) is 6.24. The van der Waals surface area contributed by atoms with E-state index in [-0.39, 0.29) is 18.1 Å². The van der Waals surface area contributed by atoms with Crippen molar-refractivity contribution < 1.29 is 9.53 Å². The molecule has 1 unspecified atom stereocenters. The molecule has 1 aliphatic carbocycles. The predicted octanol–water partition coefficient (Wildman–Crippen LogP) is 3.29. The lowest BCUT2D eigenvalue weighted by Gasteiger charge is -2.44. The lowest BCUT2D eigenvalue weighted by molar-refractivity contribution is -0.162. The quantitative estimate of drug-likeness (QED) is 0.834. The zero-order valence-corrected chi connectivity index (χ0v) is 15.0. The molecular weight excluding hydrogens is 312 g/mol. The molecule has 0 amide bonds. The Morgan fingerprint density at radius 2 is 1.76 bits per heavy atom. The number of carbonyl (C=O) groups excluding carboxylic acids is 1. The Labute approximate surface area is 150 Å². The molecule has 0 radical (unpaired) electrons. The van der Waals surface area contributed by atoms with Gasteiger partial charge in [0, 0.05) is 12.6 Å². The monoisotopic (exact) mass is 342 g/mol. The summed E-state index contributed by atoms with van der Waals surface area (Å²) in [4.78, 5) is 15.5. The molecule has 1 N–H and O–H groups in total. The first-order valence-electron chi connectivity index (χ1n) is 10.0. The number of esters is 1. The molecule has 0 aromatic heterocycles. The largest absolute Gasteiger partial charge is 0.459 e. The van der Waals surface area contributed by atoms with Crippen LogP contribution in [0.15, 0.2) is 30.3 Å². The highest BCUT2D eigenvalue weighted by molar-refractivity contribution is 5.78. The van der Waals surface area contributed by atoms with Crippen molar-refractivity contribution in [3.63, 3.8) is 0 Å². The zero-order valence-electron chi connectivity index (χ0n) is 15.0. The number of fused-ring (bicyclic) bond motifs is 3. The molecule has 2 atom stereocenters. The Morgan fingerprint density at radius 1 is 1.04 bits per heavy atom. The van der Waals surface area contributed by atoms with Gasteiger partial charge in [-0.1, -0.05) is 49.6 Å². The molecule has 1 saturated carbocycles. The van der Waals surface area contributed by atoms with Crippen molar-refractivity contribution in [1.82, 2.24) is 10.2 Å². The Balaban J connectivity index is 1.45. The van der Waals surface area contributed by atoms with Gasteiger partial charge in [-0.05, 0) is 50.3 Å². The molecule has 4 nitrogen and oxygen atoms in total. The first-order chi connectivity index (χ1) is 12.3. The average molecular weight is 342 g/mol. The average Bonchev–Trinajstić information content (AvgIpc) is 2.68. The van der Waals surface area contributed by atoms with Gasteiger partial charge in [-0.2, -0.15) is 0 Å². The summed E-state index contributed by atoms with van der Waals surface area (Å²) in [6, 6.07) is 10.2. The standard InChI is InChI=1S/C21H30N2O2/c24-21(25-19-15-23-13-11-16(19)12-14-23)20(17-7-3-1-4-8-17)22-18-9-5-2-6-10-18/h1,3-4,7-8,16,18-20,22H,2,5-6,9-15H2/t19-,20?/m0/s1. The summed E-state index contributed by atoms with van der Waals surface area (Å²) in [6.07, 6.45) is 8.58. The van der Waals surface area contributed by atoms with E-state index in [1.165, 1.54) is 45.2 Å². The number of nitrogens with one attached hydrogen (secondary N) is 1. The van der Waals surface area contributed by atoms with Gasteiger partial charge in [0.1, 0.15) is 12.1 Å². The van der Waals surface area contributed by atoms with E-state index in [1.807, 2.05) is 30.3 Å². The third kappa shape index (κ3) is 4.06. The Morgan fingerprint density at radius 3 is 2.40 bits per heavy atom. The Bertz CT molecular complexity index is 563. The fourth-order valence-electron chi connectivity index (χ4n) is 4.71. The van der Waals surface area contributed by atoms with Gasteiger partial charge in [-0.25, -0.2) is 4.79 Å². The second kappa shape index (κ2) is 7.88. The summed E-state index contributed by atoms with van der Waals surface area (Å²) in [5, 5.41) is 3.62. The number of piperidine rings is 3. The lowest BCUT2D eigenvalue weighted by atomic mass is 9.86. The summed E-state index contributed by atoms with van der Waals surface area (Å²) in [5.74, 6) is 0.468. The van der Waals surface area contributed by atoms with E-state index in [2.05, 4.69) is 10.2 Å². The van der Waals surface area contributed by atoms with Crippen LogP contribution in [0, 0.1) is 5.92 Å². The molecule has 3 saturated heterocycles. The number of rotatable bonds is 5. The number of carbonyl (C=O) groups is 1. The van der Waals surface area contributed by atoms with Crippen molar-refractivity contribution in [1.29, 1.82) is 0 Å². The van der Waals surface area contributed by atoms with E-state index in [0.717, 1.165) is 24.9 Å². The molecule has 5 rings (SSSR count). The van der Waals surface area contributed by atoms with Gasteiger partial charge < -0.3 is 4.74 Å². The molecule has 1 aromatic rings. The van der Waals surface area contributed by atoms with Crippen LogP contribution in [-0.2, 0) is 9.53 Å². The molecule has 0 spiro atoms. The number of benzene rings is 1. The van der Waals surface area contributed by atoms with Crippen molar-refractivity contribution in [3.05, 3.63) is 35.9 Å². The van der Waals surface area contributed by atoms with Gasteiger partial charge in [-0.3, -0.25) is 10.2 Å². The van der Waals surface area contributed by atoms with Crippen LogP contribution in [0.2, 0.25) is 0 Å². The maximum absolute atomic E-state index is 13.1. The topological polar surface area (TPSA) is 41.6 Å². The van der Waals surface area contributed by atoms with E-state index in [9.17, 15) is 4.79 Å². The third-order valence-electron chi connectivity index (χ3n) is 6.24. The highest BCUT2D eigenvalue weighted by Crippen LogP contribution is 2.31. The van der Waals surface area contributed by atoms with E-state index >= 15 is 0 Å². The van der Waals surface area contributed by atoms with Gasteiger partial charge in [0.2, 0.25) is 0 Å². The van der Waals surface area contributed by atoms with Gasteiger partial charge >= 0.3 is 5.97 Å². The molecule has 4 aliphatic rings. The van der Waals surface area contributed by atoms with E-state index in [0.29, 0.717) is 12.0 Å². The van der Waals surface area contributed by atoms with E-state index in [1.54, 1.807) is 0 Å². The van der Waals surface area contributed by atoms with Gasteiger partial charge in [-0.15, -0.1) is 0 Å². The van der Waals surface area contributed by atoms with Crippen molar-refractivity contribution in [3.8, 4) is 0 Å². The van der Waals surface area contributed by atoms with Crippen LogP contribution in [0.25, 0.3) is 0 Å². The summed E-state index contributed by atoms with van der Waals surface area (Å²) < 4.78 is 6.04. The van der Waals surface area contributed by atoms with E-state index < -0.39 is 0 Å². The summed E-state index contributed by atoms with van der Waals surface area (Å²) in [7, 11) is 0. The van der Waals surface area contributed by atoms with Crippen LogP contribution in [0.1, 0.15) is 56.6 Å². The summed E-state index contributed by atoms with van der Waals surface area (Å²) >= 11 is 0. The summed E-state index contributed by atoms with van der Waals surface area (Å²) in [5.41, 5.74) is 1.03. The molecular formula is C21H30N2O2. The first-order valence-corrected chi connectivity index (χ1v) is 10.0. The van der Waals surface area contributed by atoms with Crippen molar-refractivity contribution in [2.75, 3.05) is 19.6 Å². The molecule has 4 fully saturated rings. The van der Waals surface area contributed by atoms with Gasteiger partial charge in [0.15, 0.2) is 0 Å². The smallest absolute Gasteiger partial charge is 0.328 e. The van der Waals surface area contributed by atoms with Crippen LogP contribution >= 0.6 is 0 Å². The van der Waals surface area contributed by atoms with E-state index in [4.69, 9.17) is 4.74 Å². The molecule has 136 valence electrons. The van der Waals surface area contributed by atoms with Crippen LogP contribution in [0.4, 0.5) is 0 Å². The molecule has 25 heavy (non-hydrogen) atoms. The van der Waals surface area contributed by atoms with Crippen molar-refractivity contribution >= 4 is 5.97 Å². The van der Waals surface area contributed by atoms with Crippen LogP contribution in [0.5, 0.6) is 0 Å². The minimum Gasteiger partial charge on any atom is -0.459 e. The minimum absolute atomic E-state index is 0.0781. The number of nitrogens with zero attached hydrogens (tertiary/aromatic N) is 1. The molecule has 2 bridgehead atoms. The molecule has 3 heterocycles. The highest BCUT2D eigenvalue weighted by atomic mass is 16.5. The fourth-order valence-corrected chi connectivity index (χ4v) is 4.71. The number of ether oxygens (including phenoxy) is 1. The first kappa shape index (κ1) is 17.0. The number of hydrogen-bond acceptors (Lipinski definition) is 4. The minimum atomic E-state index is -0.334. The van der Waals surface area contributed by atoms with Crippen LogP contribution in [0.3, 0.4) is 0 Å². The summed E-state index contributed by atoms with van der Waals surface area (Å²) in [6.45, 7) is 3.25. The van der Waals surface area contributed by atoms with Crippen LogP contribution in [-0.4, -0.2) is 42.6 Å². The zero-order chi connectivity index (χ0) is 17.1. The Hall–Kier alpha value is -1.39. The molecule has 4 heteroatoms. The number of hydrogen-bond donors (Lipinski definition) is 1. The molecule has 3 aliphatic heterocycles.